The number of methoxy groups -OCH3 is 1. The molecule has 2 amide bonds. The van der Waals surface area contributed by atoms with E-state index < -0.39 is 5.91 Å². The van der Waals surface area contributed by atoms with E-state index in [1.165, 1.54) is 12.3 Å². The Labute approximate surface area is 168 Å². The van der Waals surface area contributed by atoms with Gasteiger partial charge in [0.15, 0.2) is 0 Å². The highest BCUT2D eigenvalue weighted by atomic mass is 16.5. The molecular formula is C22H21N3O4. The van der Waals surface area contributed by atoms with Crippen LogP contribution in [0.15, 0.2) is 66.9 Å². The fourth-order valence-electron chi connectivity index (χ4n) is 2.60. The van der Waals surface area contributed by atoms with Crippen LogP contribution in [0.3, 0.4) is 0 Å². The van der Waals surface area contributed by atoms with E-state index in [9.17, 15) is 9.59 Å². The lowest BCUT2D eigenvalue weighted by Crippen LogP contribution is -2.17. The van der Waals surface area contributed by atoms with Crippen LogP contribution in [0, 0.1) is 0 Å². The molecule has 3 aromatic rings. The highest BCUT2D eigenvalue weighted by molar-refractivity contribution is 6.07. The Morgan fingerprint density at radius 3 is 2.38 bits per heavy atom. The molecule has 0 aliphatic carbocycles. The highest BCUT2D eigenvalue weighted by Gasteiger charge is 2.13. The standard InChI is InChI=1S/C22H21N3O4/c1-3-29-18-9-7-16(8-10-18)24-22(27)20-13-15(11-12-23-20)21(26)25-17-5-4-6-19(14-17)28-2/h4-14H,3H2,1-2H3,(H,24,27)(H,25,26). The number of nitrogens with zero attached hydrogens (tertiary/aromatic N) is 1. The molecule has 0 atom stereocenters. The van der Waals surface area contributed by atoms with Crippen LogP contribution in [0.1, 0.15) is 27.8 Å². The predicted molar refractivity (Wildman–Crippen MR) is 111 cm³/mol. The average Bonchev–Trinajstić information content (AvgIpc) is 2.75. The molecule has 0 aliphatic rings. The summed E-state index contributed by atoms with van der Waals surface area (Å²) in [5.41, 5.74) is 1.65. The van der Waals surface area contributed by atoms with Gasteiger partial charge in [0.05, 0.1) is 13.7 Å². The van der Waals surface area contributed by atoms with Gasteiger partial charge in [-0.3, -0.25) is 14.6 Å². The number of rotatable bonds is 7. The Hall–Kier alpha value is -3.87. The first-order valence-corrected chi connectivity index (χ1v) is 9.04. The number of ether oxygens (including phenoxy) is 2. The third kappa shape index (κ3) is 5.32. The maximum Gasteiger partial charge on any atom is 0.274 e. The van der Waals surface area contributed by atoms with Gasteiger partial charge in [0.25, 0.3) is 11.8 Å². The molecule has 0 radical (unpaired) electrons. The molecule has 0 saturated carbocycles. The van der Waals surface area contributed by atoms with Crippen LogP contribution in [0.25, 0.3) is 0 Å². The fraction of sp³-hybridized carbons (Fsp3) is 0.136. The zero-order valence-corrected chi connectivity index (χ0v) is 16.1. The van der Waals surface area contributed by atoms with Crippen LogP contribution in [0.2, 0.25) is 0 Å². The van der Waals surface area contributed by atoms with E-state index in [1.807, 2.05) is 6.92 Å². The molecule has 2 aromatic carbocycles. The molecule has 2 N–H and O–H groups in total. The molecule has 148 valence electrons. The van der Waals surface area contributed by atoms with E-state index in [-0.39, 0.29) is 11.6 Å². The maximum atomic E-state index is 12.5. The lowest BCUT2D eigenvalue weighted by atomic mass is 10.2. The first kappa shape index (κ1) is 19.9. The smallest absolute Gasteiger partial charge is 0.274 e. The molecule has 0 unspecified atom stereocenters. The molecule has 0 bridgehead atoms. The molecule has 3 rings (SSSR count). The summed E-state index contributed by atoms with van der Waals surface area (Å²) in [5, 5.41) is 5.53. The predicted octanol–water partition coefficient (Wildman–Crippen LogP) is 3.99. The number of hydrogen-bond acceptors (Lipinski definition) is 5. The summed E-state index contributed by atoms with van der Waals surface area (Å²) in [6.45, 7) is 2.47. The Kier molecular flexibility index (Phi) is 6.42. The van der Waals surface area contributed by atoms with Gasteiger partial charge in [0.2, 0.25) is 0 Å². The molecule has 7 heteroatoms. The highest BCUT2D eigenvalue weighted by Crippen LogP contribution is 2.18. The van der Waals surface area contributed by atoms with Gasteiger partial charge in [-0.1, -0.05) is 6.07 Å². The van der Waals surface area contributed by atoms with Crippen LogP contribution in [-0.4, -0.2) is 30.5 Å². The summed E-state index contributed by atoms with van der Waals surface area (Å²) >= 11 is 0. The van der Waals surface area contributed by atoms with Gasteiger partial charge in [0.1, 0.15) is 17.2 Å². The van der Waals surface area contributed by atoms with Crippen LogP contribution >= 0.6 is 0 Å². The average molecular weight is 391 g/mol. The molecule has 0 saturated heterocycles. The molecule has 1 aromatic heterocycles. The number of benzene rings is 2. The van der Waals surface area contributed by atoms with Crippen LogP contribution < -0.4 is 20.1 Å². The lowest BCUT2D eigenvalue weighted by molar-refractivity contribution is 0.102. The fourth-order valence-corrected chi connectivity index (χ4v) is 2.60. The number of anilines is 2. The molecular weight excluding hydrogens is 370 g/mol. The monoisotopic (exact) mass is 391 g/mol. The summed E-state index contributed by atoms with van der Waals surface area (Å²) in [5.74, 6) is 0.591. The minimum absolute atomic E-state index is 0.136. The number of amides is 2. The Morgan fingerprint density at radius 1 is 0.897 bits per heavy atom. The second kappa shape index (κ2) is 9.36. The summed E-state index contributed by atoms with van der Waals surface area (Å²) in [6, 6.07) is 17.0. The number of carbonyl (C=O) groups is 2. The number of aromatic nitrogens is 1. The van der Waals surface area contributed by atoms with Gasteiger partial charge < -0.3 is 20.1 Å². The van der Waals surface area contributed by atoms with Gasteiger partial charge in [-0.2, -0.15) is 0 Å². The maximum absolute atomic E-state index is 12.5. The van der Waals surface area contributed by atoms with Crippen molar-refractivity contribution in [2.45, 2.75) is 6.92 Å². The van der Waals surface area contributed by atoms with Crippen molar-refractivity contribution >= 4 is 23.2 Å². The minimum Gasteiger partial charge on any atom is -0.497 e. The molecule has 0 spiro atoms. The molecule has 0 fully saturated rings. The van der Waals surface area contributed by atoms with Gasteiger partial charge in [0, 0.05) is 29.2 Å². The topological polar surface area (TPSA) is 89.5 Å². The van der Waals surface area contributed by atoms with Crippen LogP contribution in [0.5, 0.6) is 11.5 Å². The molecule has 1 heterocycles. The van der Waals surface area contributed by atoms with Crippen molar-refractivity contribution in [2.24, 2.45) is 0 Å². The second-order valence-corrected chi connectivity index (χ2v) is 6.03. The Bertz CT molecular complexity index is 1000. The second-order valence-electron chi connectivity index (χ2n) is 6.03. The van der Waals surface area contributed by atoms with E-state index in [1.54, 1.807) is 61.7 Å². The van der Waals surface area contributed by atoms with Gasteiger partial charge in [-0.15, -0.1) is 0 Å². The summed E-state index contributed by atoms with van der Waals surface area (Å²) < 4.78 is 10.5. The number of hydrogen-bond donors (Lipinski definition) is 2. The largest absolute Gasteiger partial charge is 0.497 e. The van der Waals surface area contributed by atoms with Crippen LogP contribution in [-0.2, 0) is 0 Å². The van der Waals surface area contributed by atoms with Gasteiger partial charge >= 0.3 is 0 Å². The number of carbonyl (C=O) groups excluding carboxylic acids is 2. The van der Waals surface area contributed by atoms with E-state index in [0.29, 0.717) is 29.3 Å². The van der Waals surface area contributed by atoms with Crippen molar-refractivity contribution in [3.05, 3.63) is 78.1 Å². The summed E-state index contributed by atoms with van der Waals surface area (Å²) in [4.78, 5) is 29.1. The molecule has 7 nitrogen and oxygen atoms in total. The normalized spacial score (nSPS) is 10.1. The van der Waals surface area contributed by atoms with Crippen molar-refractivity contribution in [1.82, 2.24) is 4.98 Å². The lowest BCUT2D eigenvalue weighted by Gasteiger charge is -2.09. The third-order valence-electron chi connectivity index (χ3n) is 4.01. The first-order chi connectivity index (χ1) is 14.1. The summed E-state index contributed by atoms with van der Waals surface area (Å²) in [6.07, 6.45) is 1.42. The van der Waals surface area contributed by atoms with Gasteiger partial charge in [-0.05, 0) is 55.5 Å². The van der Waals surface area contributed by atoms with Gasteiger partial charge in [-0.25, -0.2) is 0 Å². The zero-order valence-electron chi connectivity index (χ0n) is 16.1. The summed E-state index contributed by atoms with van der Waals surface area (Å²) in [7, 11) is 1.55. The van der Waals surface area contributed by atoms with Crippen molar-refractivity contribution in [1.29, 1.82) is 0 Å². The van der Waals surface area contributed by atoms with Crippen molar-refractivity contribution in [3.8, 4) is 11.5 Å². The zero-order chi connectivity index (χ0) is 20.6. The van der Waals surface area contributed by atoms with E-state index in [0.717, 1.165) is 5.75 Å². The van der Waals surface area contributed by atoms with Crippen LogP contribution in [0.4, 0.5) is 11.4 Å². The van der Waals surface area contributed by atoms with E-state index in [4.69, 9.17) is 9.47 Å². The SMILES string of the molecule is CCOc1ccc(NC(=O)c2cc(C(=O)Nc3cccc(OC)c3)ccn2)cc1. The number of pyridine rings is 1. The number of nitrogens with one attached hydrogen (secondary N) is 2. The van der Waals surface area contributed by atoms with E-state index in [2.05, 4.69) is 15.6 Å². The Morgan fingerprint density at radius 2 is 1.66 bits per heavy atom. The first-order valence-electron chi connectivity index (χ1n) is 9.04. The van der Waals surface area contributed by atoms with Crippen molar-refractivity contribution in [3.63, 3.8) is 0 Å². The molecule has 29 heavy (non-hydrogen) atoms. The minimum atomic E-state index is -0.412. The third-order valence-corrected chi connectivity index (χ3v) is 4.01. The van der Waals surface area contributed by atoms with Crippen molar-refractivity contribution < 1.29 is 19.1 Å². The molecule has 0 aliphatic heterocycles. The Balaban J connectivity index is 1.69. The van der Waals surface area contributed by atoms with Crippen molar-refractivity contribution in [2.75, 3.05) is 24.4 Å². The quantitative estimate of drug-likeness (QED) is 0.636. The van der Waals surface area contributed by atoms with E-state index >= 15 is 0 Å².